The van der Waals surface area contributed by atoms with Crippen LogP contribution in [0.3, 0.4) is 0 Å². The fourth-order valence-corrected chi connectivity index (χ4v) is 9.98. The third-order valence-corrected chi connectivity index (χ3v) is 15.1. The molecule has 0 aliphatic heterocycles. The summed E-state index contributed by atoms with van der Waals surface area (Å²) in [6.45, 7) is 6.67. The second kappa shape index (κ2) is 64.9. The highest BCUT2D eigenvalue weighted by molar-refractivity contribution is 5.71. The van der Waals surface area contributed by atoms with E-state index in [1.54, 1.807) is 0 Å². The lowest BCUT2D eigenvalue weighted by Crippen LogP contribution is -2.30. The second-order valence-electron chi connectivity index (χ2n) is 22.7. The number of allylic oxidation sites excluding steroid dienone is 8. The van der Waals surface area contributed by atoms with Crippen LogP contribution in [0.2, 0.25) is 0 Å². The molecule has 1 unspecified atom stereocenters. The van der Waals surface area contributed by atoms with Gasteiger partial charge in [-0.2, -0.15) is 0 Å². The molecule has 6 heteroatoms. The highest BCUT2D eigenvalue weighted by atomic mass is 16.6. The van der Waals surface area contributed by atoms with E-state index < -0.39 is 6.10 Å². The van der Waals surface area contributed by atoms with Crippen LogP contribution < -0.4 is 0 Å². The Morgan fingerprint density at radius 3 is 0.750 bits per heavy atom. The molecule has 0 heterocycles. The maximum absolute atomic E-state index is 12.9. The minimum Gasteiger partial charge on any atom is -0.462 e. The Labute approximate surface area is 473 Å². The number of rotatable bonds is 62. The van der Waals surface area contributed by atoms with Crippen LogP contribution in [0.4, 0.5) is 0 Å². The normalized spacial score (nSPS) is 12.3. The van der Waals surface area contributed by atoms with Crippen molar-refractivity contribution in [2.24, 2.45) is 0 Å². The first-order chi connectivity index (χ1) is 37.5. The molecule has 444 valence electrons. The van der Waals surface area contributed by atoms with Crippen molar-refractivity contribution in [3.05, 3.63) is 48.6 Å². The first kappa shape index (κ1) is 73.4. The zero-order valence-electron chi connectivity index (χ0n) is 51.0. The van der Waals surface area contributed by atoms with Crippen LogP contribution in [-0.2, 0) is 28.6 Å². The molecular formula is C70H128O6. The van der Waals surface area contributed by atoms with Crippen LogP contribution >= 0.6 is 0 Å². The van der Waals surface area contributed by atoms with Crippen molar-refractivity contribution in [2.75, 3.05) is 13.2 Å². The van der Waals surface area contributed by atoms with Crippen LogP contribution in [-0.4, -0.2) is 37.2 Å². The Morgan fingerprint density at radius 2 is 0.474 bits per heavy atom. The van der Waals surface area contributed by atoms with Gasteiger partial charge >= 0.3 is 17.9 Å². The van der Waals surface area contributed by atoms with Crippen molar-refractivity contribution in [2.45, 2.75) is 367 Å². The van der Waals surface area contributed by atoms with Crippen LogP contribution in [0.5, 0.6) is 0 Å². The van der Waals surface area contributed by atoms with Gasteiger partial charge in [-0.3, -0.25) is 14.4 Å². The highest BCUT2D eigenvalue weighted by Crippen LogP contribution is 2.17. The van der Waals surface area contributed by atoms with Gasteiger partial charge in [-0.25, -0.2) is 0 Å². The molecule has 0 aliphatic carbocycles. The molecule has 0 spiro atoms. The Kier molecular flexibility index (Phi) is 62.6. The van der Waals surface area contributed by atoms with Gasteiger partial charge in [0.1, 0.15) is 13.2 Å². The summed E-state index contributed by atoms with van der Waals surface area (Å²) in [5, 5.41) is 0. The maximum Gasteiger partial charge on any atom is 0.306 e. The van der Waals surface area contributed by atoms with E-state index in [0.717, 1.165) is 70.6 Å². The minimum absolute atomic E-state index is 0.0710. The van der Waals surface area contributed by atoms with Gasteiger partial charge in [0.05, 0.1) is 0 Å². The summed E-state index contributed by atoms with van der Waals surface area (Å²) < 4.78 is 17.0. The predicted molar refractivity (Wildman–Crippen MR) is 330 cm³/mol. The third-order valence-electron chi connectivity index (χ3n) is 15.1. The van der Waals surface area contributed by atoms with E-state index in [0.29, 0.717) is 19.3 Å². The fourth-order valence-electron chi connectivity index (χ4n) is 9.98. The molecule has 0 aromatic rings. The summed E-state index contributed by atoms with van der Waals surface area (Å²) in [4.78, 5) is 38.3. The van der Waals surface area contributed by atoms with Crippen molar-refractivity contribution in [3.8, 4) is 0 Å². The molecule has 0 fully saturated rings. The van der Waals surface area contributed by atoms with Gasteiger partial charge in [0.15, 0.2) is 6.10 Å². The lowest BCUT2D eigenvalue weighted by Gasteiger charge is -2.18. The lowest BCUT2D eigenvalue weighted by molar-refractivity contribution is -0.167. The second-order valence-corrected chi connectivity index (χ2v) is 22.7. The average molecular weight is 1070 g/mol. The number of hydrogen-bond acceptors (Lipinski definition) is 6. The maximum atomic E-state index is 12.9. The number of esters is 3. The van der Waals surface area contributed by atoms with Crippen molar-refractivity contribution >= 4 is 17.9 Å². The minimum atomic E-state index is -0.774. The van der Waals surface area contributed by atoms with Crippen molar-refractivity contribution in [1.82, 2.24) is 0 Å². The smallest absolute Gasteiger partial charge is 0.306 e. The Bertz CT molecular complexity index is 1310. The third kappa shape index (κ3) is 62.2. The molecule has 0 radical (unpaired) electrons. The summed E-state index contributed by atoms with van der Waals surface area (Å²) in [7, 11) is 0. The standard InChI is InChI=1S/C70H128O6/c1-4-7-10-13-16-19-22-25-27-29-31-33-34-35-36-38-39-41-43-45-48-51-54-57-60-63-69(72)75-66-67(65-74-68(71)62-59-56-53-50-47-24-21-18-15-12-9-6-3)76-70(73)64-61-58-55-52-49-46-44-42-40-37-32-30-28-26-23-20-17-14-11-8-5-2/h22,25,29-32,34-35,67H,4-21,23-24,26-28,33,36-66H2,1-3H3/b25-22-,31-29-,32-30-,35-34-. The molecule has 0 rings (SSSR count). The lowest BCUT2D eigenvalue weighted by atomic mass is 10.0. The molecule has 0 bridgehead atoms. The van der Waals surface area contributed by atoms with Gasteiger partial charge in [-0.05, 0) is 83.5 Å². The van der Waals surface area contributed by atoms with E-state index in [-0.39, 0.29) is 31.1 Å². The molecule has 0 saturated heterocycles. The molecular weight excluding hydrogens is 937 g/mol. The van der Waals surface area contributed by atoms with Crippen LogP contribution in [0.25, 0.3) is 0 Å². The summed E-state index contributed by atoms with van der Waals surface area (Å²) in [6.07, 6.45) is 81.2. The molecule has 0 N–H and O–H groups in total. The summed E-state index contributed by atoms with van der Waals surface area (Å²) in [6, 6.07) is 0. The van der Waals surface area contributed by atoms with Gasteiger partial charge in [-0.15, -0.1) is 0 Å². The van der Waals surface area contributed by atoms with E-state index in [4.69, 9.17) is 14.2 Å². The molecule has 1 atom stereocenters. The topological polar surface area (TPSA) is 78.9 Å². The highest BCUT2D eigenvalue weighted by Gasteiger charge is 2.19. The predicted octanol–water partition coefficient (Wildman–Crippen LogP) is 22.9. The van der Waals surface area contributed by atoms with E-state index in [9.17, 15) is 14.4 Å². The number of carbonyl (C=O) groups excluding carboxylic acids is 3. The number of unbranched alkanes of at least 4 members (excludes halogenated alkanes) is 43. The van der Waals surface area contributed by atoms with E-state index in [1.165, 1.54) is 250 Å². The SMILES string of the molecule is CCCCCCC/C=C\C/C=C\C/C=C\CCCCCCCCCCCCC(=O)OCC(COC(=O)CCCCCCCCCCCCCC)OC(=O)CCCCCCCCCCC/C=C\CCCCCCCCCC. The number of carbonyl (C=O) groups is 3. The van der Waals surface area contributed by atoms with Crippen LogP contribution in [0, 0.1) is 0 Å². The molecule has 0 amide bonds. The largest absolute Gasteiger partial charge is 0.462 e. The first-order valence-electron chi connectivity index (χ1n) is 33.6. The first-order valence-corrected chi connectivity index (χ1v) is 33.6. The number of ether oxygens (including phenoxy) is 3. The van der Waals surface area contributed by atoms with E-state index >= 15 is 0 Å². The van der Waals surface area contributed by atoms with E-state index in [1.807, 2.05) is 0 Å². The zero-order valence-corrected chi connectivity index (χ0v) is 51.0. The Balaban J connectivity index is 4.26. The van der Waals surface area contributed by atoms with E-state index in [2.05, 4.69) is 69.4 Å². The zero-order chi connectivity index (χ0) is 55.0. The van der Waals surface area contributed by atoms with Crippen LogP contribution in [0.1, 0.15) is 361 Å². The van der Waals surface area contributed by atoms with Crippen molar-refractivity contribution < 1.29 is 28.6 Å². The molecule has 76 heavy (non-hydrogen) atoms. The quantitative estimate of drug-likeness (QED) is 0.0261. The molecule has 6 nitrogen and oxygen atoms in total. The van der Waals surface area contributed by atoms with Crippen molar-refractivity contribution in [3.63, 3.8) is 0 Å². The van der Waals surface area contributed by atoms with Crippen molar-refractivity contribution in [1.29, 1.82) is 0 Å². The summed E-state index contributed by atoms with van der Waals surface area (Å²) >= 11 is 0. The average Bonchev–Trinajstić information content (AvgIpc) is 3.42. The summed E-state index contributed by atoms with van der Waals surface area (Å²) in [5.41, 5.74) is 0. The fraction of sp³-hybridized carbons (Fsp3) is 0.843. The Morgan fingerprint density at radius 1 is 0.263 bits per heavy atom. The number of hydrogen-bond donors (Lipinski definition) is 0. The molecule has 0 aromatic heterocycles. The monoisotopic (exact) mass is 1060 g/mol. The van der Waals surface area contributed by atoms with Gasteiger partial charge < -0.3 is 14.2 Å². The molecule has 0 aromatic carbocycles. The van der Waals surface area contributed by atoms with Gasteiger partial charge in [0.25, 0.3) is 0 Å². The van der Waals surface area contributed by atoms with Crippen LogP contribution in [0.15, 0.2) is 48.6 Å². The van der Waals surface area contributed by atoms with Gasteiger partial charge in [0, 0.05) is 19.3 Å². The van der Waals surface area contributed by atoms with Gasteiger partial charge in [0.2, 0.25) is 0 Å². The Hall–Kier alpha value is -2.63. The molecule has 0 aliphatic rings. The molecule has 0 saturated carbocycles. The van der Waals surface area contributed by atoms with Gasteiger partial charge in [-0.1, -0.05) is 307 Å². The summed E-state index contributed by atoms with van der Waals surface area (Å²) in [5.74, 6) is -0.855.